The van der Waals surface area contributed by atoms with E-state index in [4.69, 9.17) is 0 Å². The Morgan fingerprint density at radius 1 is 1.28 bits per heavy atom. The van der Waals surface area contributed by atoms with Crippen molar-refractivity contribution in [2.45, 2.75) is 6.54 Å². The van der Waals surface area contributed by atoms with Crippen LogP contribution in [0.15, 0.2) is 36.7 Å². The molecule has 1 heterocycles. The summed E-state index contributed by atoms with van der Waals surface area (Å²) in [6.07, 6.45) is 2.25. The first-order valence-corrected chi connectivity index (χ1v) is 5.14. The average molecular weight is 246 g/mol. The number of phenolic OH excluding ortho intramolecular Hbond substituents is 1. The molecular formula is C11H10N4O3. The van der Waals surface area contributed by atoms with E-state index in [1.54, 1.807) is 24.3 Å². The standard InChI is InChI=1S/C11H10N4O3/c16-10-4-2-1-3-8(10)5-12-11-13-6-9(7-14-11)15(17)18/h1-4,6-7,16H,5H2,(H,12,13,14). The Hall–Kier alpha value is -2.70. The van der Waals surface area contributed by atoms with Crippen molar-refractivity contribution in [1.29, 1.82) is 0 Å². The molecule has 0 unspecified atom stereocenters. The van der Waals surface area contributed by atoms with Crippen LogP contribution in [0.4, 0.5) is 11.6 Å². The van der Waals surface area contributed by atoms with Gasteiger partial charge in [-0.05, 0) is 6.07 Å². The highest BCUT2D eigenvalue weighted by Gasteiger charge is 2.06. The zero-order chi connectivity index (χ0) is 13.0. The summed E-state index contributed by atoms with van der Waals surface area (Å²) in [6, 6.07) is 6.86. The fraction of sp³-hybridized carbons (Fsp3) is 0.0909. The van der Waals surface area contributed by atoms with Crippen molar-refractivity contribution in [3.8, 4) is 5.75 Å². The third-order valence-electron chi connectivity index (χ3n) is 2.28. The van der Waals surface area contributed by atoms with E-state index < -0.39 is 4.92 Å². The van der Waals surface area contributed by atoms with Crippen molar-refractivity contribution in [3.63, 3.8) is 0 Å². The van der Waals surface area contributed by atoms with Crippen molar-refractivity contribution in [3.05, 3.63) is 52.3 Å². The lowest BCUT2D eigenvalue weighted by molar-refractivity contribution is -0.385. The average Bonchev–Trinajstić information content (AvgIpc) is 2.38. The summed E-state index contributed by atoms with van der Waals surface area (Å²) in [5.74, 6) is 0.441. The van der Waals surface area contributed by atoms with Gasteiger partial charge >= 0.3 is 5.69 Å². The number of benzene rings is 1. The fourth-order valence-corrected chi connectivity index (χ4v) is 1.34. The molecule has 1 aromatic heterocycles. The highest BCUT2D eigenvalue weighted by Crippen LogP contribution is 2.16. The summed E-state index contributed by atoms with van der Waals surface area (Å²) < 4.78 is 0. The zero-order valence-corrected chi connectivity index (χ0v) is 9.28. The van der Waals surface area contributed by atoms with Gasteiger partial charge in [-0.25, -0.2) is 9.97 Å². The molecule has 1 aromatic carbocycles. The van der Waals surface area contributed by atoms with Crippen molar-refractivity contribution >= 4 is 11.6 Å². The lowest BCUT2D eigenvalue weighted by Gasteiger charge is -2.05. The monoisotopic (exact) mass is 246 g/mol. The van der Waals surface area contributed by atoms with Crippen LogP contribution in [0.5, 0.6) is 5.75 Å². The molecule has 18 heavy (non-hydrogen) atoms. The number of aromatic nitrogens is 2. The first-order chi connectivity index (χ1) is 8.66. The Morgan fingerprint density at radius 3 is 2.56 bits per heavy atom. The third kappa shape index (κ3) is 2.70. The molecule has 0 fully saturated rings. The van der Waals surface area contributed by atoms with Crippen LogP contribution in [0.1, 0.15) is 5.56 Å². The van der Waals surface area contributed by atoms with Gasteiger partial charge in [-0.2, -0.15) is 0 Å². The van der Waals surface area contributed by atoms with E-state index in [-0.39, 0.29) is 17.4 Å². The molecule has 0 amide bonds. The Bertz CT molecular complexity index is 556. The minimum atomic E-state index is -0.563. The number of anilines is 1. The van der Waals surface area contributed by atoms with Crippen molar-refractivity contribution in [2.75, 3.05) is 5.32 Å². The first-order valence-electron chi connectivity index (χ1n) is 5.14. The van der Waals surface area contributed by atoms with E-state index in [1.807, 2.05) is 0 Å². The normalized spacial score (nSPS) is 10.0. The predicted octanol–water partition coefficient (Wildman–Crippen LogP) is 1.70. The van der Waals surface area contributed by atoms with Gasteiger partial charge in [0, 0.05) is 12.1 Å². The third-order valence-corrected chi connectivity index (χ3v) is 2.28. The summed E-state index contributed by atoms with van der Waals surface area (Å²) in [7, 11) is 0. The number of para-hydroxylation sites is 1. The van der Waals surface area contributed by atoms with Gasteiger partial charge in [0.2, 0.25) is 5.95 Å². The van der Waals surface area contributed by atoms with Crippen molar-refractivity contribution in [2.24, 2.45) is 0 Å². The summed E-state index contributed by atoms with van der Waals surface area (Å²) >= 11 is 0. The van der Waals surface area contributed by atoms with Gasteiger partial charge < -0.3 is 10.4 Å². The molecule has 0 saturated carbocycles. The van der Waals surface area contributed by atoms with Crippen molar-refractivity contribution < 1.29 is 10.0 Å². The largest absolute Gasteiger partial charge is 0.508 e. The molecule has 0 aliphatic rings. The van der Waals surface area contributed by atoms with Crippen LogP contribution in [0.25, 0.3) is 0 Å². The Labute approximate surface area is 102 Å². The van der Waals surface area contributed by atoms with E-state index in [9.17, 15) is 15.2 Å². The second-order valence-electron chi connectivity index (χ2n) is 3.50. The number of nitrogens with zero attached hydrogens (tertiary/aromatic N) is 3. The zero-order valence-electron chi connectivity index (χ0n) is 9.28. The molecule has 92 valence electrons. The van der Waals surface area contributed by atoms with Crippen LogP contribution in [-0.4, -0.2) is 20.0 Å². The summed E-state index contributed by atoms with van der Waals surface area (Å²) in [4.78, 5) is 17.4. The first kappa shape index (κ1) is 11.8. The molecule has 0 aliphatic carbocycles. The number of hydrogen-bond acceptors (Lipinski definition) is 6. The van der Waals surface area contributed by atoms with Gasteiger partial charge in [-0.3, -0.25) is 10.1 Å². The lowest BCUT2D eigenvalue weighted by atomic mass is 10.2. The van der Waals surface area contributed by atoms with Gasteiger partial charge in [0.05, 0.1) is 4.92 Å². The number of nitro groups is 1. The van der Waals surface area contributed by atoms with Crippen molar-refractivity contribution in [1.82, 2.24) is 9.97 Å². The molecule has 2 N–H and O–H groups in total. The molecule has 0 atom stereocenters. The molecule has 7 heteroatoms. The number of rotatable bonds is 4. The van der Waals surface area contributed by atoms with Crippen LogP contribution in [0.3, 0.4) is 0 Å². The van der Waals surface area contributed by atoms with Gasteiger partial charge in [-0.15, -0.1) is 0 Å². The minimum Gasteiger partial charge on any atom is -0.508 e. The predicted molar refractivity (Wildman–Crippen MR) is 64.1 cm³/mol. The molecule has 0 bridgehead atoms. The minimum absolute atomic E-state index is 0.164. The second-order valence-corrected chi connectivity index (χ2v) is 3.50. The van der Waals surface area contributed by atoms with Crippen LogP contribution in [0.2, 0.25) is 0 Å². The lowest BCUT2D eigenvalue weighted by Crippen LogP contribution is -2.04. The molecule has 7 nitrogen and oxygen atoms in total. The highest BCUT2D eigenvalue weighted by atomic mass is 16.6. The maximum Gasteiger partial charge on any atom is 0.305 e. The smallest absolute Gasteiger partial charge is 0.305 e. The molecule has 0 saturated heterocycles. The van der Waals surface area contributed by atoms with E-state index in [2.05, 4.69) is 15.3 Å². The molecule has 0 spiro atoms. The molecular weight excluding hydrogens is 236 g/mol. The SMILES string of the molecule is O=[N+]([O-])c1cnc(NCc2ccccc2O)nc1. The van der Waals surface area contributed by atoms with Crippen LogP contribution >= 0.6 is 0 Å². The molecule has 2 aromatic rings. The summed E-state index contributed by atoms with van der Waals surface area (Å²) in [6.45, 7) is 0.338. The number of nitrogens with one attached hydrogen (secondary N) is 1. The van der Waals surface area contributed by atoms with Gasteiger partial charge in [0.15, 0.2) is 0 Å². The summed E-state index contributed by atoms with van der Waals surface area (Å²) in [5, 5.41) is 22.8. The van der Waals surface area contributed by atoms with Crippen LogP contribution in [0, 0.1) is 10.1 Å². The number of hydrogen-bond donors (Lipinski definition) is 2. The molecule has 0 radical (unpaired) electrons. The summed E-state index contributed by atoms with van der Waals surface area (Å²) in [5.41, 5.74) is 0.530. The van der Waals surface area contributed by atoms with E-state index >= 15 is 0 Å². The highest BCUT2D eigenvalue weighted by molar-refractivity contribution is 5.36. The van der Waals surface area contributed by atoms with E-state index in [1.165, 1.54) is 0 Å². The quantitative estimate of drug-likeness (QED) is 0.629. The fourth-order valence-electron chi connectivity index (χ4n) is 1.34. The second kappa shape index (κ2) is 5.09. The number of aromatic hydroxyl groups is 1. The maximum absolute atomic E-state index is 10.4. The van der Waals surface area contributed by atoms with Gasteiger partial charge in [0.25, 0.3) is 0 Å². The van der Waals surface area contributed by atoms with Gasteiger partial charge in [0.1, 0.15) is 18.1 Å². The van der Waals surface area contributed by atoms with Crippen LogP contribution < -0.4 is 5.32 Å². The molecule has 0 aliphatic heterocycles. The maximum atomic E-state index is 10.4. The Balaban J connectivity index is 2.02. The topological polar surface area (TPSA) is 101 Å². The molecule has 2 rings (SSSR count). The Kier molecular flexibility index (Phi) is 3.33. The van der Waals surface area contributed by atoms with Crippen LogP contribution in [-0.2, 0) is 6.54 Å². The van der Waals surface area contributed by atoms with E-state index in [0.717, 1.165) is 12.4 Å². The van der Waals surface area contributed by atoms with E-state index in [0.29, 0.717) is 12.1 Å². The van der Waals surface area contributed by atoms with Gasteiger partial charge in [-0.1, -0.05) is 18.2 Å². The Morgan fingerprint density at radius 2 is 1.94 bits per heavy atom. The number of phenols is 1.